The fraction of sp³-hybridized carbons (Fsp3) is 0.0556. The molecule has 0 aliphatic carbocycles. The van der Waals surface area contributed by atoms with Crippen LogP contribution in [0.1, 0.15) is 20.8 Å². The van der Waals surface area contributed by atoms with Crippen molar-refractivity contribution in [3.05, 3.63) is 70.5 Å². The van der Waals surface area contributed by atoms with Gasteiger partial charge in [-0.2, -0.15) is 5.26 Å². The van der Waals surface area contributed by atoms with Crippen LogP contribution in [0, 0.1) is 24.1 Å². The van der Waals surface area contributed by atoms with E-state index in [9.17, 15) is 9.18 Å². The number of hydrogen-bond acceptors (Lipinski definition) is 4. The first kappa shape index (κ1) is 15.8. The highest BCUT2D eigenvalue weighted by Gasteiger charge is 2.14. The minimum absolute atomic E-state index is 0.270. The number of nitrogens with zero attached hydrogens (tertiary/aromatic N) is 2. The predicted molar refractivity (Wildman–Crippen MR) is 91.4 cm³/mol. The molecule has 0 saturated carbocycles. The number of thiophene rings is 1. The number of benzene rings is 1. The Hall–Kier alpha value is -3.04. The van der Waals surface area contributed by atoms with Gasteiger partial charge in [0.1, 0.15) is 17.7 Å². The smallest absolute Gasteiger partial charge is 0.266 e. The molecule has 0 bridgehead atoms. The van der Waals surface area contributed by atoms with Crippen LogP contribution in [0.4, 0.5) is 10.2 Å². The van der Waals surface area contributed by atoms with Crippen molar-refractivity contribution in [2.24, 2.45) is 0 Å². The van der Waals surface area contributed by atoms with Crippen LogP contribution in [0.25, 0.3) is 10.4 Å². The summed E-state index contributed by atoms with van der Waals surface area (Å²) in [5.41, 5.74) is 2.25. The molecule has 2 heterocycles. The van der Waals surface area contributed by atoms with E-state index in [2.05, 4.69) is 10.3 Å². The molecule has 0 saturated heterocycles. The normalized spacial score (nSPS) is 10.2. The second kappa shape index (κ2) is 6.60. The topological polar surface area (TPSA) is 65.8 Å². The summed E-state index contributed by atoms with van der Waals surface area (Å²) in [7, 11) is 0. The van der Waals surface area contributed by atoms with Crippen molar-refractivity contribution in [2.75, 3.05) is 5.32 Å². The molecule has 0 radical (unpaired) electrons. The van der Waals surface area contributed by atoms with E-state index in [1.165, 1.54) is 29.7 Å². The molecule has 0 aliphatic rings. The molecule has 0 aliphatic heterocycles. The fourth-order valence-electron chi connectivity index (χ4n) is 2.19. The Labute approximate surface area is 142 Å². The van der Waals surface area contributed by atoms with Crippen molar-refractivity contribution in [3.8, 4) is 16.5 Å². The summed E-state index contributed by atoms with van der Waals surface area (Å²) in [6.45, 7) is 1.91. The van der Waals surface area contributed by atoms with Crippen molar-refractivity contribution in [1.29, 1.82) is 5.26 Å². The quantitative estimate of drug-likeness (QED) is 0.771. The average molecular weight is 337 g/mol. The van der Waals surface area contributed by atoms with Crippen molar-refractivity contribution in [1.82, 2.24) is 4.98 Å². The molecule has 1 N–H and O–H groups in total. The molecule has 4 nitrogen and oxygen atoms in total. The van der Waals surface area contributed by atoms with Gasteiger partial charge in [0.2, 0.25) is 0 Å². The van der Waals surface area contributed by atoms with Gasteiger partial charge < -0.3 is 5.32 Å². The Kier molecular flexibility index (Phi) is 4.36. The molecule has 0 spiro atoms. The molecule has 6 heteroatoms. The first-order chi connectivity index (χ1) is 11.6. The van der Waals surface area contributed by atoms with E-state index in [0.29, 0.717) is 16.3 Å². The van der Waals surface area contributed by atoms with E-state index in [-0.39, 0.29) is 11.7 Å². The maximum Gasteiger partial charge on any atom is 0.266 e. The number of halogens is 1. The number of nitriles is 1. The second-order valence-electron chi connectivity index (χ2n) is 5.13. The van der Waals surface area contributed by atoms with Crippen LogP contribution in [-0.4, -0.2) is 10.9 Å². The summed E-state index contributed by atoms with van der Waals surface area (Å²) in [4.78, 5) is 17.8. The molecular weight excluding hydrogens is 325 g/mol. The van der Waals surface area contributed by atoms with Crippen LogP contribution < -0.4 is 5.32 Å². The van der Waals surface area contributed by atoms with Crippen molar-refractivity contribution in [2.45, 2.75) is 6.92 Å². The molecule has 1 amide bonds. The maximum atomic E-state index is 13.0. The number of aromatic nitrogens is 1. The predicted octanol–water partition coefficient (Wildman–Crippen LogP) is 4.38. The molecule has 0 unspecified atom stereocenters. The van der Waals surface area contributed by atoms with Gasteiger partial charge in [-0.1, -0.05) is 12.1 Å². The standard InChI is InChI=1S/C18H12FN3OS/c1-11-8-15(24-17(11)13-3-5-14(19)6-4-13)18(23)22-16-7-2-12(9-20)10-21-16/h2-8,10H,1H3,(H,21,22,23). The zero-order chi connectivity index (χ0) is 17.1. The van der Waals surface area contributed by atoms with Gasteiger partial charge in [-0.3, -0.25) is 4.79 Å². The van der Waals surface area contributed by atoms with Crippen LogP contribution >= 0.6 is 11.3 Å². The van der Waals surface area contributed by atoms with Gasteiger partial charge >= 0.3 is 0 Å². The first-order valence-corrected chi connectivity index (χ1v) is 7.92. The largest absolute Gasteiger partial charge is 0.306 e. The number of amides is 1. The highest BCUT2D eigenvalue weighted by atomic mass is 32.1. The number of aryl methyl sites for hydroxylation is 1. The SMILES string of the molecule is Cc1cc(C(=O)Nc2ccc(C#N)cn2)sc1-c1ccc(F)cc1. The van der Waals surface area contributed by atoms with E-state index >= 15 is 0 Å². The fourth-order valence-corrected chi connectivity index (χ4v) is 3.27. The molecule has 0 atom stereocenters. The lowest BCUT2D eigenvalue weighted by Crippen LogP contribution is -2.11. The van der Waals surface area contributed by atoms with Gasteiger partial charge in [-0.05, 0) is 48.4 Å². The van der Waals surface area contributed by atoms with Crippen LogP contribution in [-0.2, 0) is 0 Å². The zero-order valence-electron chi connectivity index (χ0n) is 12.7. The number of nitrogens with one attached hydrogen (secondary N) is 1. The highest BCUT2D eigenvalue weighted by molar-refractivity contribution is 7.17. The van der Waals surface area contributed by atoms with Crippen LogP contribution in [0.5, 0.6) is 0 Å². The van der Waals surface area contributed by atoms with Gasteiger partial charge in [-0.15, -0.1) is 11.3 Å². The molecule has 3 rings (SSSR count). The Morgan fingerprint density at radius 3 is 2.62 bits per heavy atom. The van der Waals surface area contributed by atoms with Gasteiger partial charge in [0.05, 0.1) is 10.4 Å². The summed E-state index contributed by atoms with van der Waals surface area (Å²) >= 11 is 1.34. The number of carbonyl (C=O) groups excluding carboxylic acids is 1. The van der Waals surface area contributed by atoms with Crippen LogP contribution in [0.2, 0.25) is 0 Å². The molecule has 2 aromatic heterocycles. The molecular formula is C18H12FN3OS. The average Bonchev–Trinajstić information content (AvgIpc) is 2.98. The van der Waals surface area contributed by atoms with Crippen molar-refractivity contribution < 1.29 is 9.18 Å². The van der Waals surface area contributed by atoms with Gasteiger partial charge in [-0.25, -0.2) is 9.37 Å². The molecule has 24 heavy (non-hydrogen) atoms. The van der Waals surface area contributed by atoms with Gasteiger partial charge in [0.15, 0.2) is 0 Å². The summed E-state index contributed by atoms with van der Waals surface area (Å²) in [6, 6.07) is 13.1. The molecule has 0 fully saturated rings. The minimum atomic E-state index is -0.294. The monoisotopic (exact) mass is 337 g/mol. The lowest BCUT2D eigenvalue weighted by atomic mass is 10.1. The maximum absolute atomic E-state index is 13.0. The third-order valence-electron chi connectivity index (χ3n) is 3.38. The van der Waals surface area contributed by atoms with Crippen molar-refractivity contribution >= 4 is 23.1 Å². The second-order valence-corrected chi connectivity index (χ2v) is 6.18. The van der Waals surface area contributed by atoms with E-state index in [1.54, 1.807) is 30.3 Å². The Morgan fingerprint density at radius 1 is 1.25 bits per heavy atom. The zero-order valence-corrected chi connectivity index (χ0v) is 13.5. The third kappa shape index (κ3) is 3.31. The third-order valence-corrected chi connectivity index (χ3v) is 4.67. The lowest BCUT2D eigenvalue weighted by molar-refractivity contribution is 0.103. The highest BCUT2D eigenvalue weighted by Crippen LogP contribution is 2.32. The number of hydrogen-bond donors (Lipinski definition) is 1. The lowest BCUT2D eigenvalue weighted by Gasteiger charge is -2.02. The van der Waals surface area contributed by atoms with E-state index < -0.39 is 0 Å². The Morgan fingerprint density at radius 2 is 2.00 bits per heavy atom. The molecule has 118 valence electrons. The first-order valence-electron chi connectivity index (χ1n) is 7.10. The number of carbonyl (C=O) groups is 1. The Balaban J connectivity index is 1.82. The van der Waals surface area contributed by atoms with E-state index in [4.69, 9.17) is 5.26 Å². The number of pyridine rings is 1. The summed E-state index contributed by atoms with van der Waals surface area (Å²) < 4.78 is 13.0. The van der Waals surface area contributed by atoms with Crippen LogP contribution in [0.15, 0.2) is 48.7 Å². The molecule has 1 aromatic carbocycles. The summed E-state index contributed by atoms with van der Waals surface area (Å²) in [5.74, 6) is -0.181. The summed E-state index contributed by atoms with van der Waals surface area (Å²) in [5, 5.41) is 11.4. The minimum Gasteiger partial charge on any atom is -0.306 e. The van der Waals surface area contributed by atoms with Crippen molar-refractivity contribution in [3.63, 3.8) is 0 Å². The van der Waals surface area contributed by atoms with Crippen LogP contribution in [0.3, 0.4) is 0 Å². The number of anilines is 1. The van der Waals surface area contributed by atoms with E-state index in [1.807, 2.05) is 13.0 Å². The summed E-state index contributed by atoms with van der Waals surface area (Å²) in [6.07, 6.45) is 1.40. The molecule has 3 aromatic rings. The van der Waals surface area contributed by atoms with E-state index in [0.717, 1.165) is 16.0 Å². The van der Waals surface area contributed by atoms with Gasteiger partial charge in [0, 0.05) is 11.1 Å². The van der Waals surface area contributed by atoms with Gasteiger partial charge in [0.25, 0.3) is 5.91 Å². The number of rotatable bonds is 3. The Bertz CT molecular complexity index is 924.